The molecule has 1 aliphatic heterocycles. The van der Waals surface area contributed by atoms with Crippen LogP contribution in [0.3, 0.4) is 0 Å². The summed E-state index contributed by atoms with van der Waals surface area (Å²) in [6.07, 6.45) is 0. The molecule has 1 saturated heterocycles. The minimum Gasteiger partial charge on any atom is -0.378 e. The molecule has 9 heteroatoms. The fourth-order valence-electron chi connectivity index (χ4n) is 3.12. The van der Waals surface area contributed by atoms with Crippen LogP contribution in [-0.2, 0) is 14.3 Å². The van der Waals surface area contributed by atoms with Gasteiger partial charge in [-0.05, 0) is 37.2 Å². The van der Waals surface area contributed by atoms with Crippen LogP contribution in [0.25, 0.3) is 0 Å². The van der Waals surface area contributed by atoms with Crippen molar-refractivity contribution in [1.29, 1.82) is 0 Å². The second kappa shape index (κ2) is 10.2. The van der Waals surface area contributed by atoms with Crippen LogP contribution >= 0.6 is 0 Å². The molecule has 162 valence electrons. The fourth-order valence-corrected chi connectivity index (χ4v) is 3.12. The first-order chi connectivity index (χ1) is 14.4. The van der Waals surface area contributed by atoms with Crippen LogP contribution in [0, 0.1) is 0 Å². The molecule has 0 saturated carbocycles. The Hall–Kier alpha value is -2.91. The zero-order chi connectivity index (χ0) is 21.5. The number of benzene rings is 1. The number of hydrogen-bond donors (Lipinski definition) is 2. The topological polar surface area (TPSA) is 99.9 Å². The lowest BCUT2D eigenvalue weighted by Gasteiger charge is -2.28. The van der Waals surface area contributed by atoms with E-state index in [-0.39, 0.29) is 30.8 Å². The lowest BCUT2D eigenvalue weighted by molar-refractivity contribution is -0.119. The minimum atomic E-state index is -0.272. The number of amides is 2. The number of aromatic nitrogens is 1. The summed E-state index contributed by atoms with van der Waals surface area (Å²) in [4.78, 5) is 28.3. The van der Waals surface area contributed by atoms with Gasteiger partial charge in [-0.15, -0.1) is 0 Å². The normalized spacial score (nSPS) is 14.2. The van der Waals surface area contributed by atoms with Gasteiger partial charge >= 0.3 is 0 Å². The summed E-state index contributed by atoms with van der Waals surface area (Å²) in [5, 5.41) is 9.41. The van der Waals surface area contributed by atoms with E-state index >= 15 is 0 Å². The lowest BCUT2D eigenvalue weighted by Crippen LogP contribution is -2.36. The molecule has 3 rings (SSSR count). The Bertz CT molecular complexity index is 843. The molecular formula is C21H29N5O4. The van der Waals surface area contributed by atoms with E-state index in [1.807, 2.05) is 38.1 Å². The highest BCUT2D eigenvalue weighted by Crippen LogP contribution is 2.19. The van der Waals surface area contributed by atoms with Crippen molar-refractivity contribution in [2.75, 3.05) is 62.0 Å². The van der Waals surface area contributed by atoms with E-state index in [1.54, 1.807) is 18.0 Å². The molecule has 2 heterocycles. The Balaban J connectivity index is 1.42. The van der Waals surface area contributed by atoms with Gasteiger partial charge in [-0.2, -0.15) is 0 Å². The molecule has 9 nitrogen and oxygen atoms in total. The Morgan fingerprint density at radius 3 is 2.33 bits per heavy atom. The van der Waals surface area contributed by atoms with Crippen LogP contribution in [0.4, 0.5) is 17.3 Å². The number of nitrogens with one attached hydrogen (secondary N) is 2. The molecule has 2 aromatic rings. The van der Waals surface area contributed by atoms with Crippen LogP contribution in [0.5, 0.6) is 0 Å². The first-order valence-corrected chi connectivity index (χ1v) is 10.1. The third-order valence-electron chi connectivity index (χ3n) is 4.74. The number of hydrogen-bond acceptors (Lipinski definition) is 7. The van der Waals surface area contributed by atoms with Crippen molar-refractivity contribution in [3.8, 4) is 0 Å². The number of likely N-dealkylation sites (N-methyl/N-ethyl adjacent to an activating group) is 1. The van der Waals surface area contributed by atoms with Crippen molar-refractivity contribution in [2.24, 2.45) is 0 Å². The first-order valence-electron chi connectivity index (χ1n) is 10.1. The largest absolute Gasteiger partial charge is 0.378 e. The number of morpholine rings is 1. The molecule has 30 heavy (non-hydrogen) atoms. The van der Waals surface area contributed by atoms with E-state index < -0.39 is 0 Å². The van der Waals surface area contributed by atoms with Crippen molar-refractivity contribution >= 4 is 29.1 Å². The maximum Gasteiger partial charge on any atom is 0.240 e. The van der Waals surface area contributed by atoms with E-state index in [1.165, 1.54) is 0 Å². The first kappa shape index (κ1) is 21.8. The number of carbonyl (C=O) groups excluding carboxylic acids is 2. The van der Waals surface area contributed by atoms with E-state index in [2.05, 4.69) is 20.7 Å². The van der Waals surface area contributed by atoms with E-state index in [4.69, 9.17) is 9.26 Å². The number of ether oxygens (including phenoxy) is 1. The summed E-state index contributed by atoms with van der Waals surface area (Å²) < 4.78 is 10.5. The quantitative estimate of drug-likeness (QED) is 0.681. The Kier molecular flexibility index (Phi) is 7.42. The Morgan fingerprint density at radius 1 is 1.10 bits per heavy atom. The molecule has 0 bridgehead atoms. The average Bonchev–Trinajstić information content (AvgIpc) is 3.17. The summed E-state index contributed by atoms with van der Waals surface area (Å²) in [6, 6.07) is 9.44. The molecule has 1 aromatic carbocycles. The molecule has 2 N–H and O–H groups in total. The van der Waals surface area contributed by atoms with Crippen molar-refractivity contribution < 1.29 is 18.8 Å². The third kappa shape index (κ3) is 6.30. The highest BCUT2D eigenvalue weighted by Gasteiger charge is 2.15. The van der Waals surface area contributed by atoms with Gasteiger partial charge in [-0.3, -0.25) is 19.8 Å². The lowest BCUT2D eigenvalue weighted by atomic mass is 10.1. The molecule has 0 atom stereocenters. The highest BCUT2D eigenvalue weighted by atomic mass is 16.5. The second-order valence-corrected chi connectivity index (χ2v) is 7.69. The summed E-state index contributed by atoms with van der Waals surface area (Å²) in [7, 11) is 1.71. The van der Waals surface area contributed by atoms with Crippen LogP contribution < -0.4 is 15.5 Å². The average molecular weight is 415 g/mol. The number of anilines is 3. The standard InChI is InChI=1S/C21H29N5O4/c1-15(2)18-12-21(30-24-18)23-20(28)14-25(3)13-19(27)22-16-4-6-17(7-5-16)26-8-10-29-11-9-26/h4-7,12,15H,8-11,13-14H2,1-3H3,(H,22,27)(H,23,28). The van der Waals surface area contributed by atoms with Crippen LogP contribution in [-0.4, -0.2) is 68.3 Å². The van der Waals surface area contributed by atoms with Gasteiger partial charge in [0.2, 0.25) is 17.7 Å². The second-order valence-electron chi connectivity index (χ2n) is 7.69. The predicted molar refractivity (Wildman–Crippen MR) is 115 cm³/mol. The van der Waals surface area contributed by atoms with Crippen LogP contribution in [0.2, 0.25) is 0 Å². The van der Waals surface area contributed by atoms with Crippen molar-refractivity contribution in [1.82, 2.24) is 10.1 Å². The van der Waals surface area contributed by atoms with Gasteiger partial charge in [0, 0.05) is 30.5 Å². The van der Waals surface area contributed by atoms with Crippen molar-refractivity contribution in [3.05, 3.63) is 36.0 Å². The Labute approximate surface area is 176 Å². The summed E-state index contributed by atoms with van der Waals surface area (Å²) >= 11 is 0. The van der Waals surface area contributed by atoms with Gasteiger partial charge < -0.3 is 19.5 Å². The maximum atomic E-state index is 12.3. The van der Waals surface area contributed by atoms with Crippen molar-refractivity contribution in [2.45, 2.75) is 19.8 Å². The monoisotopic (exact) mass is 415 g/mol. The number of carbonyl (C=O) groups is 2. The number of nitrogens with zero attached hydrogens (tertiary/aromatic N) is 3. The van der Waals surface area contributed by atoms with E-state index in [0.29, 0.717) is 5.88 Å². The zero-order valence-corrected chi connectivity index (χ0v) is 17.7. The summed E-state index contributed by atoms with van der Waals surface area (Å²) in [5.41, 5.74) is 2.61. The van der Waals surface area contributed by atoms with Gasteiger partial charge in [-0.25, -0.2) is 0 Å². The van der Waals surface area contributed by atoms with Gasteiger partial charge in [-0.1, -0.05) is 19.0 Å². The van der Waals surface area contributed by atoms with Gasteiger partial charge in [0.15, 0.2) is 0 Å². The highest BCUT2D eigenvalue weighted by molar-refractivity contribution is 5.94. The molecular weight excluding hydrogens is 386 g/mol. The Morgan fingerprint density at radius 2 is 1.73 bits per heavy atom. The van der Waals surface area contributed by atoms with Crippen LogP contribution in [0.15, 0.2) is 34.9 Å². The molecule has 1 fully saturated rings. The maximum absolute atomic E-state index is 12.3. The molecule has 1 aromatic heterocycles. The van der Waals surface area contributed by atoms with E-state index in [9.17, 15) is 9.59 Å². The summed E-state index contributed by atoms with van der Waals surface area (Å²) in [5.74, 6) is 0.0634. The molecule has 0 unspecified atom stereocenters. The summed E-state index contributed by atoms with van der Waals surface area (Å²) in [6.45, 7) is 7.32. The molecule has 1 aliphatic rings. The minimum absolute atomic E-state index is 0.0566. The molecule has 0 radical (unpaired) electrons. The molecule has 0 aliphatic carbocycles. The SMILES string of the molecule is CC(C)c1cc(NC(=O)CN(C)CC(=O)Nc2ccc(N3CCOCC3)cc2)on1. The zero-order valence-electron chi connectivity index (χ0n) is 17.7. The molecule has 2 amide bonds. The third-order valence-corrected chi connectivity index (χ3v) is 4.74. The van der Waals surface area contributed by atoms with Gasteiger partial charge in [0.25, 0.3) is 0 Å². The smallest absolute Gasteiger partial charge is 0.240 e. The molecule has 0 spiro atoms. The number of rotatable bonds is 8. The van der Waals surface area contributed by atoms with Crippen molar-refractivity contribution in [3.63, 3.8) is 0 Å². The van der Waals surface area contributed by atoms with Crippen LogP contribution in [0.1, 0.15) is 25.5 Å². The van der Waals surface area contributed by atoms with Gasteiger partial charge in [0.1, 0.15) is 0 Å². The van der Waals surface area contributed by atoms with Gasteiger partial charge in [0.05, 0.1) is 32.0 Å². The van der Waals surface area contributed by atoms with E-state index in [0.717, 1.165) is 43.4 Å². The fraction of sp³-hybridized carbons (Fsp3) is 0.476. The predicted octanol–water partition coefficient (Wildman–Crippen LogP) is 2.14.